The van der Waals surface area contributed by atoms with Gasteiger partial charge in [-0.25, -0.2) is 8.42 Å². The summed E-state index contributed by atoms with van der Waals surface area (Å²) in [5.41, 5.74) is 5.58. The van der Waals surface area contributed by atoms with E-state index >= 15 is 0 Å². The SMILES string of the molecule is C[C@@H]1CCCCN1S(=O)(=O)c1ccsc1CN. The van der Waals surface area contributed by atoms with E-state index in [1.165, 1.54) is 11.3 Å². The highest BCUT2D eigenvalue weighted by molar-refractivity contribution is 7.89. The molecular weight excluding hydrogens is 256 g/mol. The van der Waals surface area contributed by atoms with E-state index in [2.05, 4.69) is 0 Å². The highest BCUT2D eigenvalue weighted by atomic mass is 32.2. The summed E-state index contributed by atoms with van der Waals surface area (Å²) in [5, 5.41) is 1.80. The van der Waals surface area contributed by atoms with Crippen molar-refractivity contribution in [3.63, 3.8) is 0 Å². The molecule has 0 saturated carbocycles. The van der Waals surface area contributed by atoms with Crippen LogP contribution in [-0.2, 0) is 16.6 Å². The van der Waals surface area contributed by atoms with E-state index in [0.29, 0.717) is 11.4 Å². The van der Waals surface area contributed by atoms with E-state index in [4.69, 9.17) is 5.73 Å². The van der Waals surface area contributed by atoms with Crippen molar-refractivity contribution < 1.29 is 8.42 Å². The Hall–Kier alpha value is -0.430. The number of nitrogens with zero attached hydrogens (tertiary/aromatic N) is 1. The second-order valence-electron chi connectivity index (χ2n) is 4.37. The van der Waals surface area contributed by atoms with Crippen molar-refractivity contribution in [2.45, 2.75) is 43.7 Å². The lowest BCUT2D eigenvalue weighted by molar-refractivity contribution is 0.268. The van der Waals surface area contributed by atoms with Gasteiger partial charge in [0.05, 0.1) is 4.90 Å². The van der Waals surface area contributed by atoms with Crippen molar-refractivity contribution in [2.75, 3.05) is 6.54 Å². The molecule has 0 radical (unpaired) electrons. The molecule has 96 valence electrons. The van der Waals surface area contributed by atoms with E-state index in [1.807, 2.05) is 6.92 Å². The van der Waals surface area contributed by atoms with Crippen LogP contribution < -0.4 is 5.73 Å². The first-order valence-corrected chi connectivity index (χ1v) is 8.17. The average Bonchev–Trinajstić information content (AvgIpc) is 2.78. The molecule has 0 aliphatic carbocycles. The topological polar surface area (TPSA) is 63.4 Å². The number of sulfonamides is 1. The molecule has 1 aromatic heterocycles. The third-order valence-electron chi connectivity index (χ3n) is 3.22. The zero-order valence-corrected chi connectivity index (χ0v) is 11.6. The fourth-order valence-corrected chi connectivity index (χ4v) is 5.27. The molecule has 17 heavy (non-hydrogen) atoms. The van der Waals surface area contributed by atoms with Gasteiger partial charge in [0.1, 0.15) is 0 Å². The minimum atomic E-state index is -3.35. The van der Waals surface area contributed by atoms with E-state index < -0.39 is 10.0 Å². The summed E-state index contributed by atoms with van der Waals surface area (Å²) >= 11 is 1.41. The van der Waals surface area contributed by atoms with Crippen LogP contribution in [0.5, 0.6) is 0 Å². The average molecular weight is 274 g/mol. The lowest BCUT2D eigenvalue weighted by Gasteiger charge is -2.32. The molecule has 2 N–H and O–H groups in total. The molecule has 1 aliphatic rings. The first-order chi connectivity index (χ1) is 8.07. The fraction of sp³-hybridized carbons (Fsp3) is 0.636. The Morgan fingerprint density at radius 3 is 2.94 bits per heavy atom. The number of hydrogen-bond acceptors (Lipinski definition) is 4. The number of rotatable bonds is 3. The number of thiophene rings is 1. The summed E-state index contributed by atoms with van der Waals surface area (Å²) in [6, 6.07) is 1.77. The molecule has 0 aromatic carbocycles. The quantitative estimate of drug-likeness (QED) is 0.913. The maximum atomic E-state index is 12.5. The Bertz CT molecular complexity index is 481. The van der Waals surface area contributed by atoms with Crippen molar-refractivity contribution in [3.8, 4) is 0 Å². The predicted octanol–water partition coefficient (Wildman–Crippen LogP) is 1.77. The van der Waals surface area contributed by atoms with Crippen LogP contribution >= 0.6 is 11.3 Å². The lowest BCUT2D eigenvalue weighted by Crippen LogP contribution is -2.42. The smallest absolute Gasteiger partial charge is 0.244 e. The standard InChI is InChI=1S/C11H18N2O2S2/c1-9-4-2-3-6-13(9)17(14,15)11-5-7-16-10(11)8-12/h5,7,9H,2-4,6,8,12H2,1H3/t9-/m1/s1. The molecule has 1 fully saturated rings. The van der Waals surface area contributed by atoms with Crippen molar-refractivity contribution >= 4 is 21.4 Å². The summed E-state index contributed by atoms with van der Waals surface area (Å²) in [4.78, 5) is 1.15. The van der Waals surface area contributed by atoms with Crippen LogP contribution in [0.1, 0.15) is 31.1 Å². The Morgan fingerprint density at radius 1 is 1.53 bits per heavy atom. The highest BCUT2D eigenvalue weighted by Crippen LogP contribution is 2.29. The Labute approximate surface area is 106 Å². The van der Waals surface area contributed by atoms with E-state index in [1.54, 1.807) is 15.8 Å². The summed E-state index contributed by atoms with van der Waals surface area (Å²) in [5.74, 6) is 0. The molecule has 0 amide bonds. The van der Waals surface area contributed by atoms with Gasteiger partial charge in [0.15, 0.2) is 0 Å². The van der Waals surface area contributed by atoms with E-state index in [0.717, 1.165) is 24.1 Å². The predicted molar refractivity (Wildman–Crippen MR) is 69.4 cm³/mol. The minimum Gasteiger partial charge on any atom is -0.326 e. The molecule has 1 atom stereocenters. The molecule has 2 heterocycles. The normalized spacial score (nSPS) is 22.8. The van der Waals surface area contributed by atoms with Gasteiger partial charge in [-0.15, -0.1) is 11.3 Å². The van der Waals surface area contributed by atoms with Crippen molar-refractivity contribution in [1.29, 1.82) is 0 Å². The maximum absolute atomic E-state index is 12.5. The third kappa shape index (κ3) is 2.40. The maximum Gasteiger partial charge on any atom is 0.244 e. The molecule has 0 bridgehead atoms. The minimum absolute atomic E-state index is 0.0966. The fourth-order valence-electron chi connectivity index (χ4n) is 2.26. The van der Waals surface area contributed by atoms with Gasteiger partial charge < -0.3 is 5.73 Å². The van der Waals surface area contributed by atoms with Gasteiger partial charge in [-0.05, 0) is 31.2 Å². The van der Waals surface area contributed by atoms with E-state index in [9.17, 15) is 8.42 Å². The molecule has 1 saturated heterocycles. The summed E-state index contributed by atoms with van der Waals surface area (Å²) < 4.78 is 26.7. The summed E-state index contributed by atoms with van der Waals surface area (Å²) in [6.07, 6.45) is 3.01. The van der Waals surface area contributed by atoms with Crippen molar-refractivity contribution in [1.82, 2.24) is 4.31 Å². The molecule has 2 rings (SSSR count). The zero-order chi connectivity index (χ0) is 12.5. The molecule has 4 nitrogen and oxygen atoms in total. The van der Waals surface area contributed by atoms with Crippen LogP contribution in [0.15, 0.2) is 16.3 Å². The van der Waals surface area contributed by atoms with Gasteiger partial charge in [0, 0.05) is 24.0 Å². The highest BCUT2D eigenvalue weighted by Gasteiger charge is 2.32. The Morgan fingerprint density at radius 2 is 2.29 bits per heavy atom. The second kappa shape index (κ2) is 5.06. The molecule has 1 aromatic rings. The van der Waals surface area contributed by atoms with Gasteiger partial charge in [0.25, 0.3) is 0 Å². The molecular formula is C11H18N2O2S2. The largest absolute Gasteiger partial charge is 0.326 e. The third-order valence-corrected chi connectivity index (χ3v) is 6.39. The van der Waals surface area contributed by atoms with Crippen molar-refractivity contribution in [3.05, 3.63) is 16.3 Å². The molecule has 1 aliphatic heterocycles. The first kappa shape index (κ1) is 13.0. The first-order valence-electron chi connectivity index (χ1n) is 5.85. The monoisotopic (exact) mass is 274 g/mol. The van der Waals surface area contributed by atoms with Crippen LogP contribution in [0, 0.1) is 0 Å². The summed E-state index contributed by atoms with van der Waals surface area (Å²) in [6.45, 7) is 2.89. The van der Waals surface area contributed by atoms with Crippen LogP contribution in [0.2, 0.25) is 0 Å². The van der Waals surface area contributed by atoms with Crippen LogP contribution in [0.25, 0.3) is 0 Å². The van der Waals surface area contributed by atoms with Gasteiger partial charge in [-0.2, -0.15) is 4.31 Å². The lowest BCUT2D eigenvalue weighted by atomic mass is 10.1. The van der Waals surface area contributed by atoms with Crippen molar-refractivity contribution in [2.24, 2.45) is 5.73 Å². The van der Waals surface area contributed by atoms with Crippen LogP contribution in [0.3, 0.4) is 0 Å². The number of piperidine rings is 1. The summed E-state index contributed by atoms with van der Waals surface area (Å²) in [7, 11) is -3.35. The molecule has 0 spiro atoms. The van der Waals surface area contributed by atoms with Gasteiger partial charge >= 0.3 is 0 Å². The van der Waals surface area contributed by atoms with E-state index in [-0.39, 0.29) is 12.6 Å². The molecule has 6 heteroatoms. The van der Waals surface area contributed by atoms with Crippen LogP contribution in [0.4, 0.5) is 0 Å². The van der Waals surface area contributed by atoms with Crippen LogP contribution in [-0.4, -0.2) is 25.3 Å². The van der Waals surface area contributed by atoms with Gasteiger partial charge in [-0.3, -0.25) is 0 Å². The zero-order valence-electron chi connectivity index (χ0n) is 9.93. The number of nitrogens with two attached hydrogens (primary N) is 1. The second-order valence-corrected chi connectivity index (χ2v) is 7.23. The van der Waals surface area contributed by atoms with Gasteiger partial charge in [-0.1, -0.05) is 6.42 Å². The Balaban J connectivity index is 2.35. The number of hydrogen-bond donors (Lipinski definition) is 1. The Kier molecular flexibility index (Phi) is 3.87. The molecule has 0 unspecified atom stereocenters. The van der Waals surface area contributed by atoms with Gasteiger partial charge in [0.2, 0.25) is 10.0 Å².